The number of rotatable bonds is 4. The fourth-order valence-electron chi connectivity index (χ4n) is 3.84. The van der Waals surface area contributed by atoms with Gasteiger partial charge in [0, 0.05) is 24.8 Å². The van der Waals surface area contributed by atoms with Gasteiger partial charge in [0.15, 0.2) is 5.11 Å². The van der Waals surface area contributed by atoms with E-state index in [4.69, 9.17) is 12.2 Å². The molecule has 1 aromatic rings. The Labute approximate surface area is 137 Å². The first-order valence-electron chi connectivity index (χ1n) is 8.20. The van der Waals surface area contributed by atoms with Gasteiger partial charge in [0.1, 0.15) is 5.82 Å². The molecule has 2 N–H and O–H groups in total. The Balaban J connectivity index is 1.47. The van der Waals surface area contributed by atoms with Gasteiger partial charge in [-0.3, -0.25) is 4.90 Å². The minimum atomic E-state index is -0.235. The van der Waals surface area contributed by atoms with E-state index >= 15 is 0 Å². The fraction of sp³-hybridized carbons (Fsp3) is 0.588. The summed E-state index contributed by atoms with van der Waals surface area (Å²) in [6.07, 6.45) is 3.93. The van der Waals surface area contributed by atoms with Crippen molar-refractivity contribution in [1.29, 1.82) is 0 Å². The van der Waals surface area contributed by atoms with Gasteiger partial charge in [-0.15, -0.1) is 0 Å². The molecule has 3 nitrogen and oxygen atoms in total. The third-order valence-corrected chi connectivity index (χ3v) is 5.39. The number of fused-ring (bicyclic) bond motifs is 3. The summed E-state index contributed by atoms with van der Waals surface area (Å²) in [4.78, 5) is 2.61. The van der Waals surface area contributed by atoms with Crippen LogP contribution in [0.5, 0.6) is 0 Å². The van der Waals surface area contributed by atoms with Gasteiger partial charge in [-0.05, 0) is 67.7 Å². The van der Waals surface area contributed by atoms with Crippen molar-refractivity contribution in [3.05, 3.63) is 30.1 Å². The highest BCUT2D eigenvalue weighted by Crippen LogP contribution is 2.37. The molecule has 3 aliphatic rings. The van der Waals surface area contributed by atoms with Gasteiger partial charge in [0.05, 0.1) is 0 Å². The molecule has 2 bridgehead atoms. The summed E-state index contributed by atoms with van der Waals surface area (Å²) < 4.78 is 12.9. The minimum Gasteiger partial charge on any atom is -0.361 e. The molecule has 0 aromatic heterocycles. The van der Waals surface area contributed by atoms with Crippen LogP contribution in [0.4, 0.5) is 10.1 Å². The lowest BCUT2D eigenvalue weighted by atomic mass is 9.74. The summed E-state index contributed by atoms with van der Waals surface area (Å²) in [5.41, 5.74) is 0.815. The van der Waals surface area contributed by atoms with Gasteiger partial charge in [-0.1, -0.05) is 13.3 Å². The largest absolute Gasteiger partial charge is 0.361 e. The minimum absolute atomic E-state index is 0.235. The summed E-state index contributed by atoms with van der Waals surface area (Å²) in [6, 6.07) is 6.85. The predicted molar refractivity (Wildman–Crippen MR) is 92.5 cm³/mol. The van der Waals surface area contributed by atoms with E-state index in [1.165, 1.54) is 44.5 Å². The standard InChI is InChI=1S/C17H24FN3S/c1-2-12-11-21-8-7-13(12)9-16(21)10-19-17(22)20-15-5-3-14(18)4-6-15/h3-6,12-13,16H,2,7-11H2,1H3,(H2,19,20,22)/t12-,13-,16+/m0/s1. The Morgan fingerprint density at radius 3 is 2.77 bits per heavy atom. The first-order chi connectivity index (χ1) is 10.7. The van der Waals surface area contributed by atoms with Gasteiger partial charge in [-0.2, -0.15) is 0 Å². The van der Waals surface area contributed by atoms with E-state index in [0.717, 1.165) is 24.1 Å². The van der Waals surface area contributed by atoms with Crippen molar-refractivity contribution in [3.63, 3.8) is 0 Å². The maximum absolute atomic E-state index is 12.9. The van der Waals surface area contributed by atoms with E-state index in [0.29, 0.717) is 11.2 Å². The van der Waals surface area contributed by atoms with E-state index in [1.807, 2.05) is 0 Å². The molecule has 3 saturated heterocycles. The number of nitrogens with one attached hydrogen (secondary N) is 2. The zero-order chi connectivity index (χ0) is 15.5. The molecule has 0 amide bonds. The van der Waals surface area contributed by atoms with Gasteiger partial charge in [0.25, 0.3) is 0 Å². The second kappa shape index (κ2) is 6.92. The average molecular weight is 321 g/mol. The Bertz CT molecular complexity index is 519. The van der Waals surface area contributed by atoms with Crippen LogP contribution in [0.15, 0.2) is 24.3 Å². The summed E-state index contributed by atoms with van der Waals surface area (Å²) in [7, 11) is 0. The molecule has 3 heterocycles. The van der Waals surface area contributed by atoms with Crippen LogP contribution in [-0.2, 0) is 0 Å². The number of benzene rings is 1. The van der Waals surface area contributed by atoms with Crippen LogP contribution in [0.3, 0.4) is 0 Å². The second-order valence-electron chi connectivity index (χ2n) is 6.44. The number of hydrogen-bond acceptors (Lipinski definition) is 2. The molecule has 0 saturated carbocycles. The average Bonchev–Trinajstić information content (AvgIpc) is 2.55. The van der Waals surface area contributed by atoms with Crippen molar-refractivity contribution in [2.75, 3.05) is 25.0 Å². The van der Waals surface area contributed by atoms with E-state index < -0.39 is 0 Å². The molecule has 22 heavy (non-hydrogen) atoms. The van der Waals surface area contributed by atoms with Crippen LogP contribution in [0.25, 0.3) is 0 Å². The fourth-order valence-corrected chi connectivity index (χ4v) is 4.04. The SMILES string of the molecule is CC[C@H]1CN2CC[C@H]1C[C@@H]2CNC(=S)Nc1ccc(F)cc1. The molecule has 0 radical (unpaired) electrons. The lowest BCUT2D eigenvalue weighted by molar-refractivity contribution is 0.00212. The molecule has 4 rings (SSSR count). The van der Waals surface area contributed by atoms with Crippen molar-refractivity contribution in [3.8, 4) is 0 Å². The quantitative estimate of drug-likeness (QED) is 0.833. The van der Waals surface area contributed by atoms with E-state index in [-0.39, 0.29) is 5.82 Å². The van der Waals surface area contributed by atoms with Crippen LogP contribution in [0.1, 0.15) is 26.2 Å². The number of halogens is 1. The lowest BCUT2D eigenvalue weighted by Crippen LogP contribution is -2.56. The normalized spacial score (nSPS) is 30.1. The van der Waals surface area contributed by atoms with E-state index in [2.05, 4.69) is 22.5 Å². The van der Waals surface area contributed by atoms with Crippen LogP contribution in [-0.4, -0.2) is 35.7 Å². The number of piperidine rings is 3. The number of nitrogens with zero attached hydrogens (tertiary/aromatic N) is 1. The highest BCUT2D eigenvalue weighted by atomic mass is 32.1. The molecule has 1 aromatic carbocycles. The Hall–Kier alpha value is -1.20. The van der Waals surface area contributed by atoms with Gasteiger partial charge < -0.3 is 10.6 Å². The summed E-state index contributed by atoms with van der Waals surface area (Å²) in [5.74, 6) is 1.54. The molecule has 0 spiro atoms. The highest BCUT2D eigenvalue weighted by molar-refractivity contribution is 7.80. The first-order valence-corrected chi connectivity index (χ1v) is 8.61. The molecule has 3 fully saturated rings. The third-order valence-electron chi connectivity index (χ3n) is 5.14. The maximum Gasteiger partial charge on any atom is 0.170 e. The first kappa shape index (κ1) is 15.7. The molecule has 1 unspecified atom stereocenters. The summed E-state index contributed by atoms with van der Waals surface area (Å²) in [5, 5.41) is 7.04. The predicted octanol–water partition coefficient (Wildman–Crippen LogP) is 3.23. The lowest BCUT2D eigenvalue weighted by Gasteiger charge is -2.50. The summed E-state index contributed by atoms with van der Waals surface area (Å²) in [6.45, 7) is 5.67. The topological polar surface area (TPSA) is 27.3 Å². The molecular formula is C17H24FN3S. The molecule has 4 atom stereocenters. The Kier molecular flexibility index (Phi) is 4.93. The van der Waals surface area contributed by atoms with Crippen molar-refractivity contribution in [2.24, 2.45) is 11.8 Å². The Morgan fingerprint density at radius 2 is 2.14 bits per heavy atom. The van der Waals surface area contributed by atoms with Gasteiger partial charge >= 0.3 is 0 Å². The van der Waals surface area contributed by atoms with Crippen molar-refractivity contribution < 1.29 is 4.39 Å². The van der Waals surface area contributed by atoms with Crippen molar-refractivity contribution in [1.82, 2.24) is 10.2 Å². The maximum atomic E-state index is 12.9. The molecule has 3 aliphatic heterocycles. The van der Waals surface area contributed by atoms with Crippen LogP contribution >= 0.6 is 12.2 Å². The van der Waals surface area contributed by atoms with Gasteiger partial charge in [0.2, 0.25) is 0 Å². The number of thiocarbonyl (C=S) groups is 1. The van der Waals surface area contributed by atoms with Crippen molar-refractivity contribution >= 4 is 23.0 Å². The van der Waals surface area contributed by atoms with Crippen molar-refractivity contribution in [2.45, 2.75) is 32.2 Å². The van der Waals surface area contributed by atoms with E-state index in [1.54, 1.807) is 12.1 Å². The van der Waals surface area contributed by atoms with Crippen LogP contribution < -0.4 is 10.6 Å². The molecule has 5 heteroatoms. The van der Waals surface area contributed by atoms with E-state index in [9.17, 15) is 4.39 Å². The molecule has 120 valence electrons. The van der Waals surface area contributed by atoms with Crippen LogP contribution in [0.2, 0.25) is 0 Å². The number of hydrogen-bond donors (Lipinski definition) is 2. The zero-order valence-electron chi connectivity index (χ0n) is 13.0. The molecular weight excluding hydrogens is 297 g/mol. The van der Waals surface area contributed by atoms with Crippen LogP contribution in [0, 0.1) is 17.7 Å². The summed E-state index contributed by atoms with van der Waals surface area (Å²) >= 11 is 5.33. The monoisotopic (exact) mass is 321 g/mol. The Morgan fingerprint density at radius 1 is 1.36 bits per heavy atom. The smallest absolute Gasteiger partial charge is 0.170 e. The third kappa shape index (κ3) is 3.58. The highest BCUT2D eigenvalue weighted by Gasteiger charge is 2.38. The second-order valence-corrected chi connectivity index (χ2v) is 6.85. The zero-order valence-corrected chi connectivity index (χ0v) is 13.8. The molecule has 0 aliphatic carbocycles. The van der Waals surface area contributed by atoms with Gasteiger partial charge in [-0.25, -0.2) is 4.39 Å². The number of anilines is 1.